The van der Waals surface area contributed by atoms with Gasteiger partial charge in [-0.1, -0.05) is 24.6 Å². The van der Waals surface area contributed by atoms with E-state index in [1.54, 1.807) is 0 Å². The lowest BCUT2D eigenvalue weighted by atomic mass is 10.1. The number of likely N-dealkylation sites (tertiary alicyclic amines) is 1. The molecule has 1 fully saturated rings. The highest BCUT2D eigenvalue weighted by Crippen LogP contribution is 2.21. The monoisotopic (exact) mass is 383 g/mol. The van der Waals surface area contributed by atoms with Gasteiger partial charge in [-0.3, -0.25) is 4.68 Å². The van der Waals surface area contributed by atoms with Crippen LogP contribution in [0.15, 0.2) is 24.3 Å². The van der Waals surface area contributed by atoms with Crippen LogP contribution in [0.2, 0.25) is 0 Å². The van der Waals surface area contributed by atoms with Crippen molar-refractivity contribution in [1.29, 1.82) is 0 Å². The van der Waals surface area contributed by atoms with Crippen LogP contribution in [0, 0.1) is 3.70 Å². The molecule has 3 nitrogen and oxygen atoms in total. The second-order valence-electron chi connectivity index (χ2n) is 5.77. The summed E-state index contributed by atoms with van der Waals surface area (Å²) in [6.07, 6.45) is 5.33. The van der Waals surface area contributed by atoms with Gasteiger partial charge >= 0.3 is 0 Å². The molecule has 1 aliphatic heterocycles. The van der Waals surface area contributed by atoms with Gasteiger partial charge < -0.3 is 4.90 Å². The van der Waals surface area contributed by atoms with Crippen molar-refractivity contribution in [3.8, 4) is 0 Å². The zero-order chi connectivity index (χ0) is 13.9. The Morgan fingerprint density at radius 3 is 2.75 bits per heavy atom. The highest BCUT2D eigenvalue weighted by atomic mass is 127. The molecule has 1 aliphatic rings. The molecule has 20 heavy (non-hydrogen) atoms. The first-order valence-corrected chi connectivity index (χ1v) is 8.68. The average molecular weight is 383 g/mol. The number of piperidine rings is 1. The first-order valence-electron chi connectivity index (χ1n) is 7.61. The van der Waals surface area contributed by atoms with E-state index in [1.165, 1.54) is 49.7 Å². The molecule has 108 valence electrons. The Morgan fingerprint density at radius 1 is 1.20 bits per heavy atom. The molecule has 3 rings (SSSR count). The minimum absolute atomic E-state index is 0.663. The topological polar surface area (TPSA) is 21.1 Å². The number of para-hydroxylation sites is 1. The summed E-state index contributed by atoms with van der Waals surface area (Å²) < 4.78 is 3.29. The zero-order valence-electron chi connectivity index (χ0n) is 12.1. The Hall–Kier alpha value is -0.620. The van der Waals surface area contributed by atoms with Crippen molar-refractivity contribution in [1.82, 2.24) is 14.7 Å². The summed E-state index contributed by atoms with van der Waals surface area (Å²) in [7, 11) is 0. The molecular weight excluding hydrogens is 361 g/mol. The van der Waals surface area contributed by atoms with E-state index in [0.717, 1.165) is 10.2 Å². The summed E-state index contributed by atoms with van der Waals surface area (Å²) in [4.78, 5) is 2.64. The third kappa shape index (κ3) is 3.01. The number of rotatable bonds is 4. The molecule has 0 bridgehead atoms. The second-order valence-corrected chi connectivity index (χ2v) is 6.79. The summed E-state index contributed by atoms with van der Waals surface area (Å²) in [6, 6.07) is 9.19. The van der Waals surface area contributed by atoms with Crippen molar-refractivity contribution in [2.45, 2.75) is 45.2 Å². The summed E-state index contributed by atoms with van der Waals surface area (Å²) in [5.74, 6) is 0. The maximum Gasteiger partial charge on any atom is 0.131 e. The SMILES string of the molecule is CC(CCn1nc(I)c2ccccc21)N1CCCCC1. The first kappa shape index (κ1) is 14.3. The van der Waals surface area contributed by atoms with E-state index in [1.807, 2.05) is 0 Å². The molecule has 0 spiro atoms. The van der Waals surface area contributed by atoms with E-state index in [-0.39, 0.29) is 0 Å². The zero-order valence-corrected chi connectivity index (χ0v) is 14.2. The fourth-order valence-corrected chi connectivity index (χ4v) is 3.82. The molecule has 1 saturated heterocycles. The van der Waals surface area contributed by atoms with Gasteiger partial charge in [0.05, 0.1) is 5.52 Å². The molecule has 1 aromatic heterocycles. The second kappa shape index (κ2) is 6.43. The molecule has 0 N–H and O–H groups in total. The fourth-order valence-electron chi connectivity index (χ4n) is 3.11. The average Bonchev–Trinajstić information content (AvgIpc) is 2.83. The lowest BCUT2D eigenvalue weighted by molar-refractivity contribution is 0.162. The number of aryl methyl sites for hydroxylation is 1. The van der Waals surface area contributed by atoms with E-state index >= 15 is 0 Å². The predicted molar refractivity (Wildman–Crippen MR) is 92.0 cm³/mol. The molecule has 0 saturated carbocycles. The van der Waals surface area contributed by atoms with Crippen molar-refractivity contribution < 1.29 is 0 Å². The summed E-state index contributed by atoms with van der Waals surface area (Å²) >= 11 is 2.34. The van der Waals surface area contributed by atoms with Gasteiger partial charge in [-0.2, -0.15) is 5.10 Å². The number of halogens is 1. The lowest BCUT2D eigenvalue weighted by Crippen LogP contribution is -2.37. The maximum absolute atomic E-state index is 4.69. The maximum atomic E-state index is 4.69. The molecule has 0 radical (unpaired) electrons. The van der Waals surface area contributed by atoms with Crippen LogP contribution in [0.5, 0.6) is 0 Å². The van der Waals surface area contributed by atoms with Crippen molar-refractivity contribution in [3.63, 3.8) is 0 Å². The van der Waals surface area contributed by atoms with Gasteiger partial charge in [-0.15, -0.1) is 0 Å². The van der Waals surface area contributed by atoms with Crippen LogP contribution >= 0.6 is 22.6 Å². The van der Waals surface area contributed by atoms with E-state index < -0.39 is 0 Å². The molecule has 0 aliphatic carbocycles. The van der Waals surface area contributed by atoms with E-state index in [9.17, 15) is 0 Å². The summed E-state index contributed by atoms with van der Waals surface area (Å²) in [5.41, 5.74) is 1.27. The normalized spacial score (nSPS) is 18.5. The van der Waals surface area contributed by atoms with Gasteiger partial charge in [0.2, 0.25) is 0 Å². The Balaban J connectivity index is 1.67. The number of hydrogen-bond donors (Lipinski definition) is 0. The molecule has 0 amide bonds. The lowest BCUT2D eigenvalue weighted by Gasteiger charge is -2.32. The van der Waals surface area contributed by atoms with Gasteiger partial charge in [-0.05, 0) is 67.9 Å². The molecule has 2 aromatic rings. The van der Waals surface area contributed by atoms with Crippen LogP contribution in [0.25, 0.3) is 10.9 Å². The minimum Gasteiger partial charge on any atom is -0.301 e. The molecule has 1 aromatic carbocycles. The number of fused-ring (bicyclic) bond motifs is 1. The standard InChI is InChI=1S/C16H22IN3/c1-13(19-10-5-2-6-11-19)9-12-20-15-8-4-3-7-14(15)16(17)18-20/h3-4,7-8,13H,2,5-6,9-12H2,1H3. The van der Waals surface area contributed by atoms with Gasteiger partial charge in [-0.25, -0.2) is 0 Å². The third-order valence-electron chi connectivity index (χ3n) is 4.39. The van der Waals surface area contributed by atoms with Crippen LogP contribution in [0.4, 0.5) is 0 Å². The third-order valence-corrected chi connectivity index (χ3v) is 5.18. The number of hydrogen-bond acceptors (Lipinski definition) is 2. The van der Waals surface area contributed by atoms with Crippen molar-refractivity contribution in [2.75, 3.05) is 13.1 Å². The van der Waals surface area contributed by atoms with Gasteiger partial charge in [0.1, 0.15) is 3.70 Å². The smallest absolute Gasteiger partial charge is 0.131 e. The first-order chi connectivity index (χ1) is 9.75. The quantitative estimate of drug-likeness (QED) is 0.747. The highest BCUT2D eigenvalue weighted by molar-refractivity contribution is 14.1. The van der Waals surface area contributed by atoms with Gasteiger partial charge in [0.25, 0.3) is 0 Å². The number of aromatic nitrogens is 2. The molecular formula is C16H22IN3. The van der Waals surface area contributed by atoms with E-state index in [2.05, 4.69) is 63.4 Å². The largest absolute Gasteiger partial charge is 0.301 e. The van der Waals surface area contributed by atoms with Crippen molar-refractivity contribution in [2.24, 2.45) is 0 Å². The van der Waals surface area contributed by atoms with Crippen molar-refractivity contribution >= 4 is 33.5 Å². The molecule has 4 heteroatoms. The Morgan fingerprint density at radius 2 is 1.95 bits per heavy atom. The Kier molecular flexibility index (Phi) is 4.61. The van der Waals surface area contributed by atoms with E-state index in [0.29, 0.717) is 6.04 Å². The van der Waals surface area contributed by atoms with E-state index in [4.69, 9.17) is 5.10 Å². The van der Waals surface area contributed by atoms with Gasteiger partial charge in [0, 0.05) is 18.0 Å². The number of benzene rings is 1. The van der Waals surface area contributed by atoms with Crippen LogP contribution < -0.4 is 0 Å². The highest BCUT2D eigenvalue weighted by Gasteiger charge is 2.17. The minimum atomic E-state index is 0.663. The fraction of sp³-hybridized carbons (Fsp3) is 0.562. The van der Waals surface area contributed by atoms with Crippen LogP contribution in [-0.4, -0.2) is 33.8 Å². The number of nitrogens with zero attached hydrogens (tertiary/aromatic N) is 3. The van der Waals surface area contributed by atoms with Crippen LogP contribution in [0.1, 0.15) is 32.6 Å². The molecule has 1 atom stereocenters. The van der Waals surface area contributed by atoms with Crippen LogP contribution in [0.3, 0.4) is 0 Å². The summed E-state index contributed by atoms with van der Waals surface area (Å²) in [5, 5.41) is 5.97. The molecule has 2 heterocycles. The Labute approximate surface area is 134 Å². The summed E-state index contributed by atoms with van der Waals surface area (Å²) in [6.45, 7) is 5.93. The Bertz CT molecular complexity index is 572. The predicted octanol–water partition coefficient (Wildman–Crippen LogP) is 3.91. The van der Waals surface area contributed by atoms with Crippen LogP contribution in [-0.2, 0) is 6.54 Å². The molecule has 1 unspecified atom stereocenters. The van der Waals surface area contributed by atoms with Gasteiger partial charge in [0.15, 0.2) is 0 Å². The van der Waals surface area contributed by atoms with Crippen molar-refractivity contribution in [3.05, 3.63) is 28.0 Å².